The first-order valence-electron chi connectivity index (χ1n) is 8.44. The fourth-order valence-corrected chi connectivity index (χ4v) is 3.82. The van der Waals surface area contributed by atoms with Gasteiger partial charge in [0.05, 0.1) is 16.8 Å². The van der Waals surface area contributed by atoms with Crippen LogP contribution in [-0.2, 0) is 6.54 Å². The molecule has 2 aromatic carbocycles. The van der Waals surface area contributed by atoms with Gasteiger partial charge in [-0.05, 0) is 48.9 Å². The minimum atomic E-state index is -0.318. The van der Waals surface area contributed by atoms with Gasteiger partial charge in [0.1, 0.15) is 5.82 Å². The van der Waals surface area contributed by atoms with E-state index in [1.165, 1.54) is 23.5 Å². The van der Waals surface area contributed by atoms with Gasteiger partial charge in [0.2, 0.25) is 0 Å². The molecule has 0 fully saturated rings. The third kappa shape index (κ3) is 3.71. The number of hydrogen-bond acceptors (Lipinski definition) is 4. The average molecular weight is 377 g/mol. The molecule has 4 rings (SSSR count). The molecular formula is C21H16FN3OS. The second-order valence-corrected chi connectivity index (χ2v) is 7.24. The SMILES string of the molecule is Cc1cccc(C(=O)N(Cc2cccnc2)c2nc3ccc(F)cc3s2)c1. The Morgan fingerprint density at radius 1 is 1.15 bits per heavy atom. The molecule has 0 N–H and O–H groups in total. The highest BCUT2D eigenvalue weighted by molar-refractivity contribution is 7.22. The van der Waals surface area contributed by atoms with Crippen molar-refractivity contribution in [2.24, 2.45) is 0 Å². The number of anilines is 1. The number of benzene rings is 2. The predicted molar refractivity (Wildman–Crippen MR) is 106 cm³/mol. The number of thiazole rings is 1. The summed E-state index contributed by atoms with van der Waals surface area (Å²) < 4.78 is 14.3. The molecule has 4 nitrogen and oxygen atoms in total. The fourth-order valence-electron chi connectivity index (χ4n) is 2.84. The van der Waals surface area contributed by atoms with Crippen molar-refractivity contribution in [3.05, 3.63) is 89.5 Å². The maximum absolute atomic E-state index is 13.6. The van der Waals surface area contributed by atoms with Gasteiger partial charge in [-0.2, -0.15) is 0 Å². The zero-order valence-electron chi connectivity index (χ0n) is 14.6. The minimum absolute atomic E-state index is 0.151. The largest absolute Gasteiger partial charge is 0.279 e. The maximum Gasteiger partial charge on any atom is 0.260 e. The van der Waals surface area contributed by atoms with Crippen LogP contribution in [0.1, 0.15) is 21.5 Å². The number of nitrogens with zero attached hydrogens (tertiary/aromatic N) is 3. The molecule has 0 radical (unpaired) electrons. The number of pyridine rings is 1. The predicted octanol–water partition coefficient (Wildman–Crippen LogP) is 4.99. The van der Waals surface area contributed by atoms with Gasteiger partial charge in [0.25, 0.3) is 5.91 Å². The number of aromatic nitrogens is 2. The Balaban J connectivity index is 1.77. The second-order valence-electron chi connectivity index (χ2n) is 6.23. The summed E-state index contributed by atoms with van der Waals surface area (Å²) in [5, 5.41) is 0.533. The van der Waals surface area contributed by atoms with Gasteiger partial charge >= 0.3 is 0 Å². The lowest BCUT2D eigenvalue weighted by Crippen LogP contribution is -2.30. The average Bonchev–Trinajstić information content (AvgIpc) is 3.09. The number of amides is 1. The molecule has 0 bridgehead atoms. The standard InChI is InChI=1S/C21H16FN3OS/c1-14-4-2-6-16(10-14)20(26)25(13-15-5-3-9-23-12-15)21-24-18-8-7-17(22)11-19(18)27-21/h2-12H,13H2,1H3. The summed E-state index contributed by atoms with van der Waals surface area (Å²) in [5.41, 5.74) is 3.16. The van der Waals surface area contributed by atoms with Crippen molar-refractivity contribution < 1.29 is 9.18 Å². The summed E-state index contributed by atoms with van der Waals surface area (Å²) in [6.07, 6.45) is 3.42. The van der Waals surface area contributed by atoms with E-state index in [9.17, 15) is 9.18 Å². The van der Waals surface area contributed by atoms with E-state index < -0.39 is 0 Å². The molecule has 0 saturated heterocycles. The molecule has 2 aromatic heterocycles. The molecule has 0 unspecified atom stereocenters. The quantitative estimate of drug-likeness (QED) is 0.504. The Morgan fingerprint density at radius 3 is 2.81 bits per heavy atom. The molecule has 0 aliphatic rings. The van der Waals surface area contributed by atoms with Crippen molar-refractivity contribution in [1.29, 1.82) is 0 Å². The van der Waals surface area contributed by atoms with Crippen LogP contribution in [0.5, 0.6) is 0 Å². The van der Waals surface area contributed by atoms with Crippen LogP contribution in [0, 0.1) is 12.7 Å². The van der Waals surface area contributed by atoms with Gasteiger partial charge in [-0.3, -0.25) is 14.7 Å². The van der Waals surface area contributed by atoms with Crippen LogP contribution in [0.3, 0.4) is 0 Å². The van der Waals surface area contributed by atoms with Crippen LogP contribution >= 0.6 is 11.3 Å². The van der Waals surface area contributed by atoms with E-state index in [1.54, 1.807) is 29.4 Å². The summed E-state index contributed by atoms with van der Waals surface area (Å²) in [4.78, 5) is 23.5. The van der Waals surface area contributed by atoms with Crippen LogP contribution in [-0.4, -0.2) is 15.9 Å². The highest BCUT2D eigenvalue weighted by Crippen LogP contribution is 2.31. The molecule has 134 valence electrons. The number of carbonyl (C=O) groups excluding carboxylic acids is 1. The molecule has 0 aliphatic carbocycles. The van der Waals surface area contributed by atoms with Crippen molar-refractivity contribution >= 4 is 32.6 Å². The first kappa shape index (κ1) is 17.3. The van der Waals surface area contributed by atoms with Crippen molar-refractivity contribution in [3.8, 4) is 0 Å². The van der Waals surface area contributed by atoms with E-state index in [-0.39, 0.29) is 11.7 Å². The Morgan fingerprint density at radius 2 is 2.04 bits per heavy atom. The normalized spacial score (nSPS) is 10.9. The monoisotopic (exact) mass is 377 g/mol. The zero-order valence-corrected chi connectivity index (χ0v) is 15.4. The number of hydrogen-bond donors (Lipinski definition) is 0. The molecule has 0 aliphatic heterocycles. The zero-order chi connectivity index (χ0) is 18.8. The fraction of sp³-hybridized carbons (Fsp3) is 0.0952. The van der Waals surface area contributed by atoms with Gasteiger partial charge in [-0.25, -0.2) is 9.37 Å². The molecule has 1 amide bonds. The molecule has 0 atom stereocenters. The van der Waals surface area contributed by atoms with E-state index in [1.807, 2.05) is 37.3 Å². The number of halogens is 1. The lowest BCUT2D eigenvalue weighted by atomic mass is 10.1. The summed E-state index contributed by atoms with van der Waals surface area (Å²) in [5.74, 6) is -0.469. The first-order valence-corrected chi connectivity index (χ1v) is 9.25. The van der Waals surface area contributed by atoms with Crippen LogP contribution < -0.4 is 4.90 Å². The summed E-state index contributed by atoms with van der Waals surface area (Å²) >= 11 is 1.30. The van der Waals surface area contributed by atoms with Crippen molar-refractivity contribution in [2.45, 2.75) is 13.5 Å². The number of aryl methyl sites for hydroxylation is 1. The molecule has 4 aromatic rings. The van der Waals surface area contributed by atoms with E-state index >= 15 is 0 Å². The van der Waals surface area contributed by atoms with Crippen molar-refractivity contribution in [2.75, 3.05) is 4.90 Å². The van der Waals surface area contributed by atoms with Crippen LogP contribution in [0.2, 0.25) is 0 Å². The van der Waals surface area contributed by atoms with Gasteiger partial charge in [-0.15, -0.1) is 0 Å². The Labute approximate surface area is 159 Å². The summed E-state index contributed by atoms with van der Waals surface area (Å²) in [7, 11) is 0. The Hall–Kier alpha value is -3.12. The van der Waals surface area contributed by atoms with E-state index in [0.29, 0.717) is 27.5 Å². The number of fused-ring (bicyclic) bond motifs is 1. The third-order valence-electron chi connectivity index (χ3n) is 4.14. The van der Waals surface area contributed by atoms with Crippen molar-refractivity contribution in [3.63, 3.8) is 0 Å². The smallest absolute Gasteiger partial charge is 0.260 e. The Bertz CT molecular complexity index is 1110. The molecular weight excluding hydrogens is 361 g/mol. The van der Waals surface area contributed by atoms with E-state index in [0.717, 1.165) is 11.1 Å². The third-order valence-corrected chi connectivity index (χ3v) is 5.18. The van der Waals surface area contributed by atoms with Crippen LogP contribution in [0.15, 0.2) is 67.0 Å². The molecule has 0 saturated carbocycles. The minimum Gasteiger partial charge on any atom is -0.279 e. The first-order chi connectivity index (χ1) is 13.1. The van der Waals surface area contributed by atoms with E-state index in [2.05, 4.69) is 9.97 Å². The Kier molecular flexibility index (Phi) is 4.64. The van der Waals surface area contributed by atoms with Gasteiger partial charge < -0.3 is 0 Å². The molecule has 0 spiro atoms. The van der Waals surface area contributed by atoms with Crippen LogP contribution in [0.25, 0.3) is 10.2 Å². The summed E-state index contributed by atoms with van der Waals surface area (Å²) in [6.45, 7) is 2.28. The van der Waals surface area contributed by atoms with Gasteiger partial charge in [-0.1, -0.05) is 35.1 Å². The summed E-state index contributed by atoms with van der Waals surface area (Å²) in [6, 6.07) is 15.6. The lowest BCUT2D eigenvalue weighted by molar-refractivity contribution is 0.0985. The highest BCUT2D eigenvalue weighted by atomic mass is 32.1. The van der Waals surface area contributed by atoms with Crippen molar-refractivity contribution in [1.82, 2.24) is 9.97 Å². The molecule has 27 heavy (non-hydrogen) atoms. The van der Waals surface area contributed by atoms with Crippen LogP contribution in [0.4, 0.5) is 9.52 Å². The van der Waals surface area contributed by atoms with Gasteiger partial charge in [0, 0.05) is 18.0 Å². The molecule has 2 heterocycles. The highest BCUT2D eigenvalue weighted by Gasteiger charge is 2.22. The maximum atomic E-state index is 13.6. The van der Waals surface area contributed by atoms with E-state index in [4.69, 9.17) is 0 Å². The second kappa shape index (κ2) is 7.25. The number of carbonyl (C=O) groups is 1. The topological polar surface area (TPSA) is 46.1 Å². The molecule has 6 heteroatoms. The lowest BCUT2D eigenvalue weighted by Gasteiger charge is -2.20. The number of rotatable bonds is 4. The van der Waals surface area contributed by atoms with Gasteiger partial charge in [0.15, 0.2) is 5.13 Å².